The topological polar surface area (TPSA) is 45.1 Å². The largest absolute Gasteiger partial charge is 0.435 e. The maximum Gasteiger partial charge on any atom is 0.435 e. The van der Waals surface area contributed by atoms with Crippen LogP contribution in [0.15, 0.2) is 48.1 Å². The van der Waals surface area contributed by atoms with Gasteiger partial charge in [0.05, 0.1) is 24.5 Å². The predicted octanol–water partition coefficient (Wildman–Crippen LogP) is 6.54. The first-order valence-corrected chi connectivity index (χ1v) is 11.7. The van der Waals surface area contributed by atoms with Crippen LogP contribution in [0.25, 0.3) is 5.70 Å². The molecule has 1 saturated heterocycles. The van der Waals surface area contributed by atoms with Gasteiger partial charge in [-0.1, -0.05) is 35.5 Å². The van der Waals surface area contributed by atoms with Crippen molar-refractivity contribution in [3.63, 3.8) is 0 Å². The minimum atomic E-state index is -5.12. The molecule has 2 heterocycles. The average Bonchev–Trinajstić information content (AvgIpc) is 3.42. The fourth-order valence-electron chi connectivity index (χ4n) is 4.71. The van der Waals surface area contributed by atoms with E-state index in [1.807, 2.05) is 0 Å². The standard InChI is InChI=1S/C26H22F9N3O2/c1-14-6-18(9-19(7-14)25(30,31)32)23(26(33,34)35)10-21(36-40-23)17-4-5-20(15(2)8-17)16(3)37-11-22(39)38(13-37)12-24(27,28)29/h4-9H,3,10-13H2,1-2H3. The van der Waals surface area contributed by atoms with Crippen molar-refractivity contribution in [2.45, 2.75) is 44.4 Å². The third kappa shape index (κ3) is 5.61. The second kappa shape index (κ2) is 9.73. The Balaban J connectivity index is 1.59. The summed E-state index contributed by atoms with van der Waals surface area (Å²) in [6.45, 7) is 4.59. The Hall–Kier alpha value is -3.71. The van der Waals surface area contributed by atoms with Crippen LogP contribution in [0, 0.1) is 13.8 Å². The highest BCUT2D eigenvalue weighted by atomic mass is 19.4. The fourth-order valence-corrected chi connectivity index (χ4v) is 4.71. The molecule has 1 fully saturated rings. The number of benzene rings is 2. The summed E-state index contributed by atoms with van der Waals surface area (Å²) in [6, 6.07) is 6.42. The SMILES string of the molecule is C=C(c1ccc(C2=NOC(c3cc(C)cc(C(F)(F)F)c3)(C(F)(F)F)C2)cc1C)N1CC(=O)N(CC(F)(F)F)C1. The first-order chi connectivity index (χ1) is 18.3. The number of halogens is 9. The first kappa shape index (κ1) is 29.3. The van der Waals surface area contributed by atoms with E-state index in [0.717, 1.165) is 12.1 Å². The highest BCUT2D eigenvalue weighted by Gasteiger charge is 2.62. The highest BCUT2D eigenvalue weighted by molar-refractivity contribution is 6.02. The molecular weight excluding hydrogens is 557 g/mol. The molecule has 2 aromatic carbocycles. The Morgan fingerprint density at radius 2 is 1.70 bits per heavy atom. The van der Waals surface area contributed by atoms with E-state index in [9.17, 15) is 44.3 Å². The summed E-state index contributed by atoms with van der Waals surface area (Å²) in [7, 11) is 0. The Kier molecular flexibility index (Phi) is 7.12. The number of hydrogen-bond donors (Lipinski definition) is 0. The molecule has 4 rings (SSSR count). The molecule has 0 bridgehead atoms. The van der Waals surface area contributed by atoms with E-state index in [1.54, 1.807) is 6.92 Å². The molecule has 14 heteroatoms. The van der Waals surface area contributed by atoms with Gasteiger partial charge >= 0.3 is 18.5 Å². The van der Waals surface area contributed by atoms with E-state index in [-0.39, 0.29) is 35.7 Å². The third-order valence-electron chi connectivity index (χ3n) is 6.70. The van der Waals surface area contributed by atoms with Crippen LogP contribution in [0.1, 0.15) is 39.8 Å². The molecule has 2 aliphatic heterocycles. The van der Waals surface area contributed by atoms with E-state index < -0.39 is 54.1 Å². The molecule has 0 N–H and O–H groups in total. The molecule has 0 radical (unpaired) electrons. The summed E-state index contributed by atoms with van der Waals surface area (Å²) in [5, 5.41) is 3.60. The number of oxime groups is 1. The molecule has 0 aliphatic carbocycles. The van der Waals surface area contributed by atoms with Crippen molar-refractivity contribution < 1.29 is 49.1 Å². The Labute approximate surface area is 222 Å². The number of carbonyl (C=O) groups is 1. The minimum absolute atomic E-state index is 0.0431. The van der Waals surface area contributed by atoms with Crippen LogP contribution in [-0.2, 0) is 21.4 Å². The molecule has 216 valence electrons. The van der Waals surface area contributed by atoms with Gasteiger partial charge in [0.15, 0.2) is 0 Å². The zero-order valence-electron chi connectivity index (χ0n) is 21.1. The van der Waals surface area contributed by atoms with Crippen LogP contribution in [-0.4, -0.2) is 53.5 Å². The van der Waals surface area contributed by atoms with E-state index in [2.05, 4.69) is 11.7 Å². The van der Waals surface area contributed by atoms with Gasteiger partial charge in [0.2, 0.25) is 5.91 Å². The van der Waals surface area contributed by atoms with E-state index in [1.165, 1.54) is 30.0 Å². The monoisotopic (exact) mass is 579 g/mol. The smallest absolute Gasteiger partial charge is 0.374 e. The second-order valence-electron chi connectivity index (χ2n) is 9.74. The number of nitrogens with zero attached hydrogens (tertiary/aromatic N) is 3. The van der Waals surface area contributed by atoms with Gasteiger partial charge in [0.1, 0.15) is 6.54 Å². The van der Waals surface area contributed by atoms with Crippen LogP contribution in [0.5, 0.6) is 0 Å². The lowest BCUT2D eigenvalue weighted by atomic mass is 9.84. The summed E-state index contributed by atoms with van der Waals surface area (Å²) >= 11 is 0. The normalized spacial score (nSPS) is 20.2. The molecule has 1 atom stereocenters. The zero-order chi connectivity index (χ0) is 29.8. The number of aryl methyl sites for hydroxylation is 2. The lowest BCUT2D eigenvalue weighted by molar-refractivity contribution is -0.276. The van der Waals surface area contributed by atoms with Gasteiger partial charge in [-0.15, -0.1) is 0 Å². The number of rotatable bonds is 5. The molecule has 5 nitrogen and oxygen atoms in total. The lowest BCUT2D eigenvalue weighted by Gasteiger charge is -2.30. The quantitative estimate of drug-likeness (QED) is 0.378. The Bertz CT molecular complexity index is 1380. The maximum atomic E-state index is 14.3. The predicted molar refractivity (Wildman–Crippen MR) is 126 cm³/mol. The number of hydrogen-bond acceptors (Lipinski definition) is 4. The van der Waals surface area contributed by atoms with Gasteiger partial charge < -0.3 is 14.6 Å². The summed E-state index contributed by atoms with van der Waals surface area (Å²) < 4.78 is 121. The van der Waals surface area contributed by atoms with Crippen molar-refractivity contribution in [2.75, 3.05) is 19.8 Å². The number of alkyl halides is 9. The fraction of sp³-hybridized carbons (Fsp3) is 0.385. The van der Waals surface area contributed by atoms with Gasteiger partial charge in [-0.25, -0.2) is 0 Å². The van der Waals surface area contributed by atoms with Crippen LogP contribution in [0.2, 0.25) is 0 Å². The van der Waals surface area contributed by atoms with Crippen molar-refractivity contribution in [1.29, 1.82) is 0 Å². The zero-order valence-corrected chi connectivity index (χ0v) is 21.1. The third-order valence-corrected chi connectivity index (χ3v) is 6.70. The number of amides is 1. The molecule has 0 saturated carbocycles. The summed E-state index contributed by atoms with van der Waals surface area (Å²) in [5.41, 5.74) is -4.03. The molecular formula is C26H22F9N3O2. The van der Waals surface area contributed by atoms with Gasteiger partial charge in [-0.3, -0.25) is 4.79 Å². The summed E-state index contributed by atoms with van der Waals surface area (Å²) in [6.07, 6.45) is -15.5. The Morgan fingerprint density at radius 3 is 2.27 bits per heavy atom. The molecule has 40 heavy (non-hydrogen) atoms. The van der Waals surface area contributed by atoms with Gasteiger partial charge in [0, 0.05) is 23.2 Å². The average molecular weight is 579 g/mol. The van der Waals surface area contributed by atoms with Crippen molar-refractivity contribution in [1.82, 2.24) is 9.80 Å². The van der Waals surface area contributed by atoms with Gasteiger partial charge in [-0.2, -0.15) is 39.5 Å². The van der Waals surface area contributed by atoms with Crippen molar-refractivity contribution in [3.05, 3.63) is 76.4 Å². The molecule has 2 aromatic rings. The van der Waals surface area contributed by atoms with Crippen LogP contribution in [0.3, 0.4) is 0 Å². The van der Waals surface area contributed by atoms with Crippen molar-refractivity contribution in [3.8, 4) is 0 Å². The molecule has 1 unspecified atom stereocenters. The molecule has 0 spiro atoms. The van der Waals surface area contributed by atoms with Crippen LogP contribution < -0.4 is 0 Å². The highest BCUT2D eigenvalue weighted by Crippen LogP contribution is 2.50. The van der Waals surface area contributed by atoms with Gasteiger partial charge in [0.25, 0.3) is 5.60 Å². The van der Waals surface area contributed by atoms with E-state index in [4.69, 9.17) is 4.84 Å². The maximum absolute atomic E-state index is 14.3. The van der Waals surface area contributed by atoms with Crippen LogP contribution >= 0.6 is 0 Å². The van der Waals surface area contributed by atoms with Crippen molar-refractivity contribution in [2.24, 2.45) is 5.16 Å². The van der Waals surface area contributed by atoms with E-state index >= 15 is 0 Å². The lowest BCUT2D eigenvalue weighted by Crippen LogP contribution is -2.43. The summed E-state index contributed by atoms with van der Waals surface area (Å²) in [4.78, 5) is 18.9. The second-order valence-corrected chi connectivity index (χ2v) is 9.74. The van der Waals surface area contributed by atoms with Gasteiger partial charge in [-0.05, 0) is 43.2 Å². The summed E-state index contributed by atoms with van der Waals surface area (Å²) in [5.74, 6) is -0.737. The molecule has 1 amide bonds. The molecule has 2 aliphatic rings. The van der Waals surface area contributed by atoms with Crippen molar-refractivity contribution >= 4 is 17.3 Å². The molecule has 0 aromatic heterocycles. The van der Waals surface area contributed by atoms with E-state index in [0.29, 0.717) is 22.1 Å². The number of carbonyl (C=O) groups excluding carboxylic acids is 1. The van der Waals surface area contributed by atoms with Crippen LogP contribution in [0.4, 0.5) is 39.5 Å². The minimum Gasteiger partial charge on any atom is -0.374 e. The Morgan fingerprint density at radius 1 is 1.02 bits per heavy atom. The first-order valence-electron chi connectivity index (χ1n) is 11.7.